The van der Waals surface area contributed by atoms with E-state index in [4.69, 9.17) is 0 Å². The highest BCUT2D eigenvalue weighted by Gasteiger charge is 2.34. The quantitative estimate of drug-likeness (QED) is 0.829. The van der Waals surface area contributed by atoms with Crippen LogP contribution in [0.5, 0.6) is 0 Å². The summed E-state index contributed by atoms with van der Waals surface area (Å²) in [5.74, 6) is 1.91. The average Bonchev–Trinajstić information content (AvgIpc) is 2.34. The molecule has 4 unspecified atom stereocenters. The second-order valence-electron chi connectivity index (χ2n) is 7.21. The molecule has 0 aromatic heterocycles. The van der Waals surface area contributed by atoms with Gasteiger partial charge in [0, 0.05) is 31.2 Å². The lowest BCUT2D eigenvalue weighted by Crippen LogP contribution is -2.62. The Bertz CT molecular complexity index is 266. The second kappa shape index (κ2) is 5.92. The van der Waals surface area contributed by atoms with Gasteiger partial charge in [-0.2, -0.15) is 0 Å². The number of nitrogens with zero attached hydrogens (tertiary/aromatic N) is 1. The topological polar surface area (TPSA) is 15.3 Å². The molecule has 1 aliphatic heterocycles. The standard InChI is InChI=1S/C16H32N2/c1-5-16(4)12-18(14(3)10-17-16)11-15-8-6-7-13(2)9-15/h13-15,17H,5-12H2,1-4H3. The van der Waals surface area contributed by atoms with Crippen LogP contribution in [0.15, 0.2) is 0 Å². The van der Waals surface area contributed by atoms with Crippen molar-refractivity contribution in [3.8, 4) is 0 Å². The van der Waals surface area contributed by atoms with Gasteiger partial charge in [0.1, 0.15) is 0 Å². The highest BCUT2D eigenvalue weighted by molar-refractivity contribution is 4.93. The SMILES string of the molecule is CCC1(C)CN(CC2CCCC(C)C2)C(C)CN1. The van der Waals surface area contributed by atoms with E-state index in [1.54, 1.807) is 0 Å². The molecule has 2 heteroatoms. The molecule has 0 spiro atoms. The van der Waals surface area contributed by atoms with E-state index in [1.165, 1.54) is 45.2 Å². The first-order valence-electron chi connectivity index (χ1n) is 8.01. The molecule has 0 aromatic rings. The predicted octanol–water partition coefficient (Wildman–Crippen LogP) is 3.28. The van der Waals surface area contributed by atoms with Gasteiger partial charge in [0.2, 0.25) is 0 Å². The smallest absolute Gasteiger partial charge is 0.0278 e. The van der Waals surface area contributed by atoms with E-state index in [0.717, 1.165) is 18.4 Å². The average molecular weight is 252 g/mol. The largest absolute Gasteiger partial charge is 0.309 e. The Morgan fingerprint density at radius 1 is 1.28 bits per heavy atom. The van der Waals surface area contributed by atoms with Crippen LogP contribution in [-0.4, -0.2) is 36.1 Å². The number of nitrogens with one attached hydrogen (secondary N) is 1. The molecule has 0 amide bonds. The highest BCUT2D eigenvalue weighted by Crippen LogP contribution is 2.30. The maximum atomic E-state index is 3.73. The maximum absolute atomic E-state index is 3.73. The van der Waals surface area contributed by atoms with Crippen molar-refractivity contribution in [3.05, 3.63) is 0 Å². The number of hydrogen-bond acceptors (Lipinski definition) is 2. The van der Waals surface area contributed by atoms with Crippen LogP contribution < -0.4 is 5.32 Å². The molecule has 4 atom stereocenters. The molecule has 0 aromatic carbocycles. The van der Waals surface area contributed by atoms with Crippen LogP contribution in [0.3, 0.4) is 0 Å². The Morgan fingerprint density at radius 3 is 2.72 bits per heavy atom. The van der Waals surface area contributed by atoms with E-state index >= 15 is 0 Å². The summed E-state index contributed by atoms with van der Waals surface area (Å²) in [7, 11) is 0. The van der Waals surface area contributed by atoms with Gasteiger partial charge in [-0.25, -0.2) is 0 Å². The molecule has 1 N–H and O–H groups in total. The zero-order valence-electron chi connectivity index (χ0n) is 12.8. The fourth-order valence-corrected chi connectivity index (χ4v) is 3.72. The molecule has 1 saturated carbocycles. The summed E-state index contributed by atoms with van der Waals surface area (Å²) < 4.78 is 0. The van der Waals surface area contributed by atoms with Gasteiger partial charge >= 0.3 is 0 Å². The summed E-state index contributed by atoms with van der Waals surface area (Å²) in [6.45, 7) is 13.2. The monoisotopic (exact) mass is 252 g/mol. The van der Waals surface area contributed by atoms with Gasteiger partial charge in [0.25, 0.3) is 0 Å². The summed E-state index contributed by atoms with van der Waals surface area (Å²) in [6.07, 6.45) is 7.07. The molecule has 18 heavy (non-hydrogen) atoms. The van der Waals surface area contributed by atoms with Crippen molar-refractivity contribution >= 4 is 0 Å². The minimum absolute atomic E-state index is 0.340. The fourth-order valence-electron chi connectivity index (χ4n) is 3.72. The normalized spacial score (nSPS) is 43.0. The summed E-state index contributed by atoms with van der Waals surface area (Å²) in [5, 5.41) is 3.73. The Morgan fingerprint density at radius 2 is 2.06 bits per heavy atom. The third kappa shape index (κ3) is 3.48. The van der Waals surface area contributed by atoms with E-state index in [0.29, 0.717) is 11.6 Å². The third-order valence-electron chi connectivity index (χ3n) is 5.32. The molecule has 2 rings (SSSR count). The zero-order chi connectivity index (χ0) is 13.2. The van der Waals surface area contributed by atoms with Gasteiger partial charge in [-0.1, -0.05) is 26.7 Å². The molecule has 1 saturated heterocycles. The highest BCUT2D eigenvalue weighted by atomic mass is 15.2. The summed E-state index contributed by atoms with van der Waals surface area (Å²) in [4.78, 5) is 2.75. The Balaban J connectivity index is 1.90. The van der Waals surface area contributed by atoms with E-state index in [9.17, 15) is 0 Å². The summed E-state index contributed by atoms with van der Waals surface area (Å²) >= 11 is 0. The maximum Gasteiger partial charge on any atom is 0.0278 e. The lowest BCUT2D eigenvalue weighted by molar-refractivity contribution is 0.0666. The van der Waals surface area contributed by atoms with Crippen molar-refractivity contribution < 1.29 is 0 Å². The minimum Gasteiger partial charge on any atom is -0.309 e. The summed E-state index contributed by atoms with van der Waals surface area (Å²) in [5.41, 5.74) is 0.340. The van der Waals surface area contributed by atoms with Gasteiger partial charge in [0.05, 0.1) is 0 Å². The van der Waals surface area contributed by atoms with Gasteiger partial charge in [-0.05, 0) is 44.9 Å². The van der Waals surface area contributed by atoms with Gasteiger partial charge in [0.15, 0.2) is 0 Å². The van der Waals surface area contributed by atoms with Crippen molar-refractivity contribution in [2.24, 2.45) is 11.8 Å². The van der Waals surface area contributed by atoms with Crippen molar-refractivity contribution in [1.82, 2.24) is 10.2 Å². The van der Waals surface area contributed by atoms with Gasteiger partial charge < -0.3 is 5.32 Å². The van der Waals surface area contributed by atoms with Crippen LogP contribution in [0.25, 0.3) is 0 Å². The molecule has 1 aliphatic carbocycles. The second-order valence-corrected chi connectivity index (χ2v) is 7.21. The molecular formula is C16H32N2. The Kier molecular flexibility index (Phi) is 4.71. The molecule has 2 aliphatic rings. The number of hydrogen-bond donors (Lipinski definition) is 1. The van der Waals surface area contributed by atoms with Gasteiger partial charge in [-0.3, -0.25) is 4.90 Å². The molecular weight excluding hydrogens is 220 g/mol. The first kappa shape index (κ1) is 14.3. The van der Waals surface area contributed by atoms with Crippen LogP contribution in [0.2, 0.25) is 0 Å². The minimum atomic E-state index is 0.340. The van der Waals surface area contributed by atoms with Crippen LogP contribution in [0, 0.1) is 11.8 Å². The molecule has 0 bridgehead atoms. The van der Waals surface area contributed by atoms with Gasteiger partial charge in [-0.15, -0.1) is 0 Å². The van der Waals surface area contributed by atoms with Crippen molar-refractivity contribution in [2.75, 3.05) is 19.6 Å². The molecule has 2 fully saturated rings. The Labute approximate surface area is 114 Å². The molecule has 0 radical (unpaired) electrons. The Hall–Kier alpha value is -0.0800. The van der Waals surface area contributed by atoms with Crippen molar-refractivity contribution in [3.63, 3.8) is 0 Å². The van der Waals surface area contributed by atoms with Crippen LogP contribution in [0.1, 0.15) is 59.8 Å². The van der Waals surface area contributed by atoms with E-state index < -0.39 is 0 Å². The van der Waals surface area contributed by atoms with E-state index in [1.807, 2.05) is 0 Å². The lowest BCUT2D eigenvalue weighted by atomic mass is 9.81. The summed E-state index contributed by atoms with van der Waals surface area (Å²) in [6, 6.07) is 0.710. The third-order valence-corrected chi connectivity index (χ3v) is 5.32. The zero-order valence-corrected chi connectivity index (χ0v) is 12.8. The first-order valence-corrected chi connectivity index (χ1v) is 8.01. The molecule has 106 valence electrons. The molecule has 1 heterocycles. The van der Waals surface area contributed by atoms with E-state index in [2.05, 4.69) is 37.9 Å². The van der Waals surface area contributed by atoms with Crippen molar-refractivity contribution in [1.29, 1.82) is 0 Å². The van der Waals surface area contributed by atoms with Crippen molar-refractivity contribution in [2.45, 2.75) is 71.4 Å². The first-order chi connectivity index (χ1) is 8.52. The predicted molar refractivity (Wildman–Crippen MR) is 78.9 cm³/mol. The van der Waals surface area contributed by atoms with Crippen LogP contribution >= 0.6 is 0 Å². The van der Waals surface area contributed by atoms with E-state index in [-0.39, 0.29) is 0 Å². The van der Waals surface area contributed by atoms with Crippen LogP contribution in [0.4, 0.5) is 0 Å². The van der Waals surface area contributed by atoms with Crippen LogP contribution in [-0.2, 0) is 0 Å². The molecule has 2 nitrogen and oxygen atoms in total. The number of rotatable bonds is 3. The fraction of sp³-hybridized carbons (Fsp3) is 1.00. The lowest BCUT2D eigenvalue weighted by Gasteiger charge is -2.46. The number of piperazine rings is 1.